The number of rotatable bonds is 3. The molecule has 4 nitrogen and oxygen atoms in total. The van der Waals surface area contributed by atoms with Gasteiger partial charge in [0.15, 0.2) is 0 Å². The molecule has 0 saturated carbocycles. The van der Waals surface area contributed by atoms with Gasteiger partial charge in [0.2, 0.25) is 5.56 Å². The van der Waals surface area contributed by atoms with Crippen LogP contribution in [0.3, 0.4) is 0 Å². The van der Waals surface area contributed by atoms with Crippen molar-refractivity contribution in [3.8, 4) is 0 Å². The Hall–Kier alpha value is -1.24. The summed E-state index contributed by atoms with van der Waals surface area (Å²) < 4.78 is 24.9. The number of hydrogen-bond acceptors (Lipinski definition) is 2. The molecule has 7 heteroatoms. The average molecular weight is 282 g/mol. The molecule has 0 amide bonds. The highest BCUT2D eigenvalue weighted by Crippen LogP contribution is 2.24. The Labute approximate surface area is 91.1 Å². The molecule has 82 valence electrons. The van der Waals surface area contributed by atoms with E-state index < -0.39 is 29.2 Å². The van der Waals surface area contributed by atoms with Crippen LogP contribution in [0.15, 0.2) is 10.9 Å². The van der Waals surface area contributed by atoms with Crippen LogP contribution >= 0.6 is 15.9 Å². The van der Waals surface area contributed by atoms with Crippen molar-refractivity contribution in [2.45, 2.75) is 11.8 Å². The Morgan fingerprint density at radius 3 is 2.60 bits per heavy atom. The smallest absolute Gasteiger partial charge is 0.336 e. The van der Waals surface area contributed by atoms with E-state index in [-0.39, 0.29) is 10.9 Å². The van der Waals surface area contributed by atoms with Crippen LogP contribution in [-0.2, 0) is 5.33 Å². The maximum absolute atomic E-state index is 12.5. The molecule has 0 saturated heterocycles. The minimum Gasteiger partial charge on any atom is -0.478 e. The molecular weight excluding hydrogens is 276 g/mol. The van der Waals surface area contributed by atoms with E-state index in [1.165, 1.54) is 0 Å². The van der Waals surface area contributed by atoms with Crippen LogP contribution in [0.5, 0.6) is 0 Å². The number of hydrogen-bond donors (Lipinski definition) is 2. The normalized spacial score (nSPS) is 10.7. The first-order valence-corrected chi connectivity index (χ1v) is 4.93. The summed E-state index contributed by atoms with van der Waals surface area (Å²) in [6.45, 7) is 0. The zero-order chi connectivity index (χ0) is 11.6. The fourth-order valence-electron chi connectivity index (χ4n) is 1.13. The number of carboxylic acid groups (broad SMARTS) is 1. The molecule has 0 atom stereocenters. The minimum absolute atomic E-state index is 0.0644. The second kappa shape index (κ2) is 4.52. The maximum Gasteiger partial charge on any atom is 0.336 e. The Morgan fingerprint density at radius 1 is 1.60 bits per heavy atom. The number of H-pyrrole nitrogens is 1. The first-order chi connectivity index (χ1) is 6.97. The van der Waals surface area contributed by atoms with Crippen LogP contribution in [0, 0.1) is 0 Å². The van der Waals surface area contributed by atoms with E-state index >= 15 is 0 Å². The molecule has 1 rings (SSSR count). The van der Waals surface area contributed by atoms with Crippen LogP contribution in [0.2, 0.25) is 0 Å². The molecular formula is C8H6BrF2NO3. The standard InChI is InChI=1S/C8H6BrF2NO3/c9-2-4-3(8(14)15)1-5(13)12-6(4)7(10)11/h1,7H,2H2,(H,12,13)(H,14,15). The maximum atomic E-state index is 12.5. The predicted octanol–water partition coefficient (Wildman–Crippen LogP) is 1.91. The van der Waals surface area contributed by atoms with Gasteiger partial charge in [-0.1, -0.05) is 15.9 Å². The van der Waals surface area contributed by atoms with Crippen molar-refractivity contribution in [3.63, 3.8) is 0 Å². The first-order valence-electron chi connectivity index (χ1n) is 3.81. The summed E-state index contributed by atoms with van der Waals surface area (Å²) in [6, 6.07) is 0.783. The molecule has 0 spiro atoms. The zero-order valence-electron chi connectivity index (χ0n) is 7.26. The Morgan fingerprint density at radius 2 is 2.20 bits per heavy atom. The topological polar surface area (TPSA) is 70.2 Å². The zero-order valence-corrected chi connectivity index (χ0v) is 8.85. The summed E-state index contributed by atoms with van der Waals surface area (Å²) >= 11 is 2.90. The molecule has 0 radical (unpaired) electrons. The van der Waals surface area contributed by atoms with Gasteiger partial charge in [-0.3, -0.25) is 4.79 Å². The van der Waals surface area contributed by atoms with Crippen molar-refractivity contribution < 1.29 is 18.7 Å². The second-order valence-electron chi connectivity index (χ2n) is 2.68. The number of aromatic amines is 1. The van der Waals surface area contributed by atoms with Gasteiger partial charge in [-0.15, -0.1) is 0 Å². The van der Waals surface area contributed by atoms with E-state index in [2.05, 4.69) is 15.9 Å². The molecule has 1 heterocycles. The van der Waals surface area contributed by atoms with Gasteiger partial charge in [-0.05, 0) is 0 Å². The first kappa shape index (κ1) is 11.8. The minimum atomic E-state index is -2.91. The van der Waals surface area contributed by atoms with Crippen LogP contribution in [0.25, 0.3) is 0 Å². The third-order valence-corrected chi connectivity index (χ3v) is 2.33. The van der Waals surface area contributed by atoms with Crippen LogP contribution < -0.4 is 5.56 Å². The number of carboxylic acids is 1. The fourth-order valence-corrected chi connectivity index (χ4v) is 1.73. The molecule has 0 aliphatic heterocycles. The van der Waals surface area contributed by atoms with Crippen LogP contribution in [-0.4, -0.2) is 16.1 Å². The number of nitrogens with one attached hydrogen (secondary N) is 1. The largest absolute Gasteiger partial charge is 0.478 e. The van der Waals surface area contributed by atoms with Crippen molar-refractivity contribution in [1.82, 2.24) is 4.98 Å². The van der Waals surface area contributed by atoms with E-state index in [0.717, 1.165) is 6.07 Å². The molecule has 0 unspecified atom stereocenters. The van der Waals surface area contributed by atoms with Crippen LogP contribution in [0.4, 0.5) is 8.78 Å². The van der Waals surface area contributed by atoms with Gasteiger partial charge in [0.25, 0.3) is 6.43 Å². The molecule has 0 aromatic carbocycles. The molecule has 0 aliphatic carbocycles. The van der Waals surface area contributed by atoms with Gasteiger partial charge >= 0.3 is 5.97 Å². The Balaban J connectivity index is 3.52. The lowest BCUT2D eigenvalue weighted by molar-refractivity contribution is 0.0695. The van der Waals surface area contributed by atoms with E-state index in [9.17, 15) is 18.4 Å². The highest BCUT2D eigenvalue weighted by atomic mass is 79.9. The molecule has 1 aromatic rings. The number of halogens is 3. The van der Waals surface area contributed by atoms with Crippen molar-refractivity contribution >= 4 is 21.9 Å². The Kier molecular flexibility index (Phi) is 3.57. The van der Waals surface area contributed by atoms with Gasteiger partial charge in [0.05, 0.1) is 11.3 Å². The monoisotopic (exact) mass is 281 g/mol. The van der Waals surface area contributed by atoms with Crippen molar-refractivity contribution in [1.29, 1.82) is 0 Å². The van der Waals surface area contributed by atoms with Crippen LogP contribution in [0.1, 0.15) is 28.0 Å². The Bertz CT molecular complexity index is 444. The number of alkyl halides is 3. The lowest BCUT2D eigenvalue weighted by Gasteiger charge is -2.08. The fraction of sp³-hybridized carbons (Fsp3) is 0.250. The van der Waals surface area contributed by atoms with Gasteiger partial charge in [-0.2, -0.15) is 0 Å². The number of aromatic nitrogens is 1. The predicted molar refractivity (Wildman–Crippen MR) is 51.6 cm³/mol. The van der Waals surface area contributed by atoms with Crippen molar-refractivity contribution in [2.24, 2.45) is 0 Å². The summed E-state index contributed by atoms with van der Waals surface area (Å²) in [5.74, 6) is -1.41. The molecule has 0 aliphatic rings. The SMILES string of the molecule is O=C(O)c1cc(=O)[nH]c(C(F)F)c1CBr. The highest BCUT2D eigenvalue weighted by molar-refractivity contribution is 9.08. The summed E-state index contributed by atoms with van der Waals surface area (Å²) in [5, 5.41) is 8.64. The summed E-state index contributed by atoms with van der Waals surface area (Å²) in [7, 11) is 0. The van der Waals surface area contributed by atoms with Gasteiger partial charge in [0.1, 0.15) is 0 Å². The van der Waals surface area contributed by atoms with E-state index in [4.69, 9.17) is 5.11 Å². The van der Waals surface area contributed by atoms with E-state index in [1.54, 1.807) is 0 Å². The van der Waals surface area contributed by atoms with E-state index in [1.807, 2.05) is 4.98 Å². The molecule has 2 N–H and O–H groups in total. The van der Waals surface area contributed by atoms with E-state index in [0.29, 0.717) is 0 Å². The summed E-state index contributed by atoms with van der Waals surface area (Å²) in [6.07, 6.45) is -2.91. The number of carbonyl (C=O) groups is 1. The molecule has 15 heavy (non-hydrogen) atoms. The summed E-state index contributed by atoms with van der Waals surface area (Å²) in [4.78, 5) is 23.5. The molecule has 0 fully saturated rings. The van der Waals surface area contributed by atoms with Gasteiger partial charge in [0, 0.05) is 17.0 Å². The second-order valence-corrected chi connectivity index (χ2v) is 3.24. The van der Waals surface area contributed by atoms with Gasteiger partial charge in [-0.25, -0.2) is 13.6 Å². The molecule has 0 bridgehead atoms. The lowest BCUT2D eigenvalue weighted by Crippen LogP contribution is -2.16. The lowest BCUT2D eigenvalue weighted by atomic mass is 10.1. The van der Waals surface area contributed by atoms with Crippen molar-refractivity contribution in [3.05, 3.63) is 33.2 Å². The number of pyridine rings is 1. The third kappa shape index (κ3) is 2.41. The van der Waals surface area contributed by atoms with Gasteiger partial charge < -0.3 is 10.1 Å². The van der Waals surface area contributed by atoms with Crippen molar-refractivity contribution in [2.75, 3.05) is 0 Å². The quantitative estimate of drug-likeness (QED) is 0.832. The number of aromatic carboxylic acids is 1. The summed E-state index contributed by atoms with van der Waals surface area (Å²) in [5.41, 5.74) is -2.03. The average Bonchev–Trinajstić information content (AvgIpc) is 2.16. The highest BCUT2D eigenvalue weighted by Gasteiger charge is 2.20. The molecule has 1 aromatic heterocycles. The third-order valence-electron chi connectivity index (χ3n) is 1.77.